The minimum Gasteiger partial charge on any atom is -0.464 e. The van der Waals surface area contributed by atoms with E-state index in [2.05, 4.69) is 136 Å². The first-order valence-electron chi connectivity index (χ1n) is 23.1. The fourth-order valence-electron chi connectivity index (χ4n) is 10.9. The van der Waals surface area contributed by atoms with Gasteiger partial charge in [0, 0.05) is 79.7 Å². The van der Waals surface area contributed by atoms with Crippen LogP contribution in [0, 0.1) is 6.57 Å². The Balaban J connectivity index is 1.05. The summed E-state index contributed by atoms with van der Waals surface area (Å²) in [6, 6.07) is 27.2. The Morgan fingerprint density at radius 2 is 1.08 bits per heavy atom. The van der Waals surface area contributed by atoms with Crippen molar-refractivity contribution >= 4 is 75.1 Å². The van der Waals surface area contributed by atoms with E-state index < -0.39 is 17.9 Å². The number of thiophene rings is 2. The van der Waals surface area contributed by atoms with Crippen molar-refractivity contribution in [3.05, 3.63) is 128 Å². The van der Waals surface area contributed by atoms with Crippen LogP contribution >= 0.6 is 22.7 Å². The standard InChI is InChI=1S/C55H57N5O4S2/c1-32-38(49(61)60(51(63)64)50(62)46(32)56-10)31-37-15-16-44(65-37)45-18-17-43(66-45)33-11-13-34(14-12-33)59(35-27-39-47-40(28-35)53(4,5)20-24-57(47)23-19-52(39,2)3)36-29-41-48-42(30-36)55(8,9)22-26-58(48)25-21-54(41,6)7/h11-18,27-31H,19-26H2,1-9H3,(H,63,64)/b38-31+. The Hall–Kier alpha value is -5.96. The Morgan fingerprint density at radius 3 is 1.53 bits per heavy atom. The van der Waals surface area contributed by atoms with E-state index >= 15 is 0 Å². The quantitative estimate of drug-likeness (QED) is 0.103. The van der Waals surface area contributed by atoms with Crippen molar-refractivity contribution < 1.29 is 19.5 Å². The van der Waals surface area contributed by atoms with Gasteiger partial charge in [-0.2, -0.15) is 4.90 Å². The smallest absolute Gasteiger partial charge is 0.420 e. The second kappa shape index (κ2) is 15.3. The number of hydrogen-bond acceptors (Lipinski definition) is 8. The van der Waals surface area contributed by atoms with Gasteiger partial charge in [-0.3, -0.25) is 9.59 Å². The number of hydrogen-bond donors (Lipinski definition) is 1. The third-order valence-electron chi connectivity index (χ3n) is 15.4. The van der Waals surface area contributed by atoms with E-state index in [1.165, 1.54) is 63.3 Å². The second-order valence-corrected chi connectivity index (χ2v) is 23.6. The van der Waals surface area contributed by atoms with E-state index in [1.54, 1.807) is 17.4 Å². The number of imide groups is 3. The molecule has 0 radical (unpaired) electrons. The van der Waals surface area contributed by atoms with Gasteiger partial charge in [0.2, 0.25) is 0 Å². The van der Waals surface area contributed by atoms with Gasteiger partial charge in [0.1, 0.15) is 0 Å². The summed E-state index contributed by atoms with van der Waals surface area (Å²) in [6.45, 7) is 32.8. The Morgan fingerprint density at radius 1 is 0.636 bits per heavy atom. The van der Waals surface area contributed by atoms with E-state index in [0.717, 1.165) is 77.7 Å². The molecule has 5 aliphatic heterocycles. The lowest BCUT2D eigenvalue weighted by Crippen LogP contribution is -2.45. The molecule has 0 saturated heterocycles. The second-order valence-electron chi connectivity index (χ2n) is 21.4. The molecule has 0 unspecified atom stereocenters. The zero-order valence-corrected chi connectivity index (χ0v) is 41.0. The number of amides is 3. The summed E-state index contributed by atoms with van der Waals surface area (Å²) in [7, 11) is 0. The third-order valence-corrected chi connectivity index (χ3v) is 17.7. The maximum atomic E-state index is 13.1. The number of anilines is 5. The van der Waals surface area contributed by atoms with Crippen LogP contribution in [-0.2, 0) is 31.2 Å². The van der Waals surface area contributed by atoms with E-state index in [9.17, 15) is 19.5 Å². The normalized spacial score (nSPS) is 20.5. The van der Waals surface area contributed by atoms with Gasteiger partial charge in [0.15, 0.2) is 0 Å². The van der Waals surface area contributed by atoms with Crippen LogP contribution in [0.5, 0.6) is 0 Å². The van der Waals surface area contributed by atoms with Crippen LogP contribution in [0.1, 0.15) is 115 Å². The summed E-state index contributed by atoms with van der Waals surface area (Å²) < 4.78 is 0. The van der Waals surface area contributed by atoms with E-state index in [0.29, 0.717) is 4.88 Å². The van der Waals surface area contributed by atoms with E-state index in [1.807, 2.05) is 12.1 Å². The molecule has 5 aromatic rings. The Labute approximate surface area is 396 Å². The molecule has 3 aromatic carbocycles. The van der Waals surface area contributed by atoms with Crippen molar-refractivity contribution in [3.8, 4) is 20.2 Å². The number of carbonyl (C=O) groups excluding carboxylic acids is 2. The number of carbonyl (C=O) groups is 3. The monoisotopic (exact) mass is 915 g/mol. The van der Waals surface area contributed by atoms with E-state index in [4.69, 9.17) is 6.57 Å². The van der Waals surface area contributed by atoms with Gasteiger partial charge >= 0.3 is 6.09 Å². The first kappa shape index (κ1) is 43.9. The molecule has 7 heterocycles. The molecule has 2 aromatic heterocycles. The highest BCUT2D eigenvalue weighted by Gasteiger charge is 2.44. The van der Waals surface area contributed by atoms with Crippen LogP contribution in [0.4, 0.5) is 33.2 Å². The molecule has 11 heteroatoms. The van der Waals surface area contributed by atoms with Gasteiger partial charge in [-0.1, -0.05) is 67.5 Å². The third kappa shape index (κ3) is 7.02. The molecule has 66 heavy (non-hydrogen) atoms. The zero-order valence-electron chi connectivity index (χ0n) is 39.4. The van der Waals surface area contributed by atoms with Gasteiger partial charge < -0.3 is 19.8 Å². The van der Waals surface area contributed by atoms with Crippen molar-refractivity contribution in [3.63, 3.8) is 0 Å². The van der Waals surface area contributed by atoms with Crippen LogP contribution in [0.25, 0.3) is 31.1 Å². The van der Waals surface area contributed by atoms with Crippen molar-refractivity contribution in [2.24, 2.45) is 0 Å². The number of rotatable bonds is 6. The molecule has 9 nitrogen and oxygen atoms in total. The zero-order chi connectivity index (χ0) is 46.8. The van der Waals surface area contributed by atoms with Crippen molar-refractivity contribution in [1.29, 1.82) is 0 Å². The number of nitrogens with zero attached hydrogens (tertiary/aromatic N) is 5. The molecule has 5 aliphatic rings. The average Bonchev–Trinajstić information content (AvgIpc) is 3.95. The van der Waals surface area contributed by atoms with Crippen LogP contribution in [0.3, 0.4) is 0 Å². The van der Waals surface area contributed by atoms with Gasteiger partial charge in [-0.05, 0) is 154 Å². The lowest BCUT2D eigenvalue weighted by molar-refractivity contribution is -0.137. The fraction of sp³-hybridized carbons (Fsp3) is 0.382. The first-order chi connectivity index (χ1) is 31.2. The molecular formula is C55H57N5O4S2. The van der Waals surface area contributed by atoms with Gasteiger partial charge in [-0.25, -0.2) is 9.64 Å². The summed E-state index contributed by atoms with van der Waals surface area (Å²) >= 11 is 3.15. The van der Waals surface area contributed by atoms with Gasteiger partial charge in [0.25, 0.3) is 17.5 Å². The van der Waals surface area contributed by atoms with E-state index in [-0.39, 0.29) is 43.4 Å². The molecule has 1 N–H and O–H groups in total. The highest BCUT2D eigenvalue weighted by molar-refractivity contribution is 7.24. The lowest BCUT2D eigenvalue weighted by Gasteiger charge is -2.49. The molecule has 10 rings (SSSR count). The van der Waals surface area contributed by atoms with Crippen LogP contribution < -0.4 is 14.7 Å². The molecule has 0 atom stereocenters. The maximum absolute atomic E-state index is 13.1. The predicted molar refractivity (Wildman–Crippen MR) is 270 cm³/mol. The highest BCUT2D eigenvalue weighted by Crippen LogP contribution is 2.55. The summed E-state index contributed by atoms with van der Waals surface area (Å²) in [6.07, 6.45) is 4.37. The fourth-order valence-corrected chi connectivity index (χ4v) is 13.0. The molecular weight excluding hydrogens is 859 g/mol. The van der Waals surface area contributed by atoms with Crippen LogP contribution in [0.2, 0.25) is 0 Å². The summed E-state index contributed by atoms with van der Waals surface area (Å²) in [5, 5.41) is 9.59. The lowest BCUT2D eigenvalue weighted by atomic mass is 9.69. The summed E-state index contributed by atoms with van der Waals surface area (Å²) in [5.41, 5.74) is 13.3. The van der Waals surface area contributed by atoms with Gasteiger partial charge in [0.05, 0.1) is 6.57 Å². The molecule has 338 valence electrons. The summed E-state index contributed by atoms with van der Waals surface area (Å²) in [5.74, 6) is -2.06. The van der Waals surface area contributed by atoms with Crippen LogP contribution in [0.15, 0.2) is 89.6 Å². The topological polar surface area (TPSA) is 88.8 Å². The maximum Gasteiger partial charge on any atom is 0.420 e. The largest absolute Gasteiger partial charge is 0.464 e. The molecule has 0 aliphatic carbocycles. The van der Waals surface area contributed by atoms with Crippen molar-refractivity contribution in [1.82, 2.24) is 4.90 Å². The molecule has 0 bridgehead atoms. The van der Waals surface area contributed by atoms with Gasteiger partial charge in [-0.15, -0.1) is 22.7 Å². The number of carboxylic acid groups (broad SMARTS) is 1. The molecule has 0 saturated carbocycles. The predicted octanol–water partition coefficient (Wildman–Crippen LogP) is 13.6. The Kier molecular flexibility index (Phi) is 10.2. The molecule has 0 spiro atoms. The molecule has 3 amide bonds. The van der Waals surface area contributed by atoms with Crippen molar-refractivity contribution in [2.45, 2.75) is 110 Å². The summed E-state index contributed by atoms with van der Waals surface area (Å²) in [4.78, 5) is 52.6. The van der Waals surface area contributed by atoms with Crippen molar-refractivity contribution in [2.75, 3.05) is 40.9 Å². The Bertz CT molecular complexity index is 2830. The number of benzene rings is 3. The highest BCUT2D eigenvalue weighted by atomic mass is 32.1. The first-order valence-corrected chi connectivity index (χ1v) is 24.7. The van der Waals surface area contributed by atoms with Crippen LogP contribution in [-0.4, -0.2) is 54.1 Å². The SMILES string of the molecule is [C-]#[N+]C1=C(C)/C(=C\c2ccc(-c3ccc(-c4ccc(N(c5cc6c7c(c5)C(C)(C)CCN7CCC6(C)C)c5cc6c7c(c5)C(C)(C)CCN7CCC6(C)C)cc4)s3)s2)C(=O)N(C(=O)O)C1=O. The average molecular weight is 916 g/mol. The molecule has 0 fully saturated rings. The minimum atomic E-state index is -1.70. The minimum absolute atomic E-state index is 0.0193.